The van der Waals surface area contributed by atoms with E-state index in [0.29, 0.717) is 11.5 Å². The molecule has 0 aliphatic heterocycles. The van der Waals surface area contributed by atoms with Gasteiger partial charge in [0, 0.05) is 8.95 Å². The zero-order valence-corrected chi connectivity index (χ0v) is 19.9. The lowest BCUT2D eigenvalue weighted by Gasteiger charge is -2.16. The summed E-state index contributed by atoms with van der Waals surface area (Å²) in [6, 6.07) is 9.37. The lowest BCUT2D eigenvalue weighted by atomic mass is 10.0. The van der Waals surface area contributed by atoms with Crippen molar-refractivity contribution in [1.29, 1.82) is 0 Å². The van der Waals surface area contributed by atoms with Crippen LogP contribution in [0.4, 0.5) is 0 Å². The second kappa shape index (κ2) is 10.6. The number of aryl methyl sites for hydroxylation is 2. The summed E-state index contributed by atoms with van der Waals surface area (Å²) in [6.07, 6.45) is 0. The van der Waals surface area contributed by atoms with Gasteiger partial charge < -0.3 is 9.47 Å². The molecule has 0 bridgehead atoms. The Kier molecular flexibility index (Phi) is 8.52. The maximum atomic E-state index is 12.0. The van der Waals surface area contributed by atoms with Gasteiger partial charge in [0.25, 0.3) is 11.8 Å². The zero-order chi connectivity index (χ0) is 21.6. The van der Waals surface area contributed by atoms with E-state index >= 15 is 0 Å². The zero-order valence-electron chi connectivity index (χ0n) is 16.8. The highest BCUT2D eigenvalue weighted by molar-refractivity contribution is 9.10. The van der Waals surface area contributed by atoms with Crippen LogP contribution in [0.15, 0.2) is 39.3 Å². The molecule has 6 nitrogen and oxygen atoms in total. The van der Waals surface area contributed by atoms with Crippen molar-refractivity contribution in [3.63, 3.8) is 0 Å². The van der Waals surface area contributed by atoms with Crippen LogP contribution >= 0.6 is 31.9 Å². The Morgan fingerprint density at radius 2 is 1.48 bits per heavy atom. The fraction of sp³-hybridized carbons (Fsp3) is 0.333. The number of ether oxygens (including phenoxy) is 2. The van der Waals surface area contributed by atoms with Crippen LogP contribution in [-0.4, -0.2) is 25.0 Å². The van der Waals surface area contributed by atoms with E-state index in [-0.39, 0.29) is 19.1 Å². The van der Waals surface area contributed by atoms with Crippen LogP contribution in [0.25, 0.3) is 0 Å². The van der Waals surface area contributed by atoms with Gasteiger partial charge in [-0.25, -0.2) is 0 Å². The maximum Gasteiger partial charge on any atom is 0.276 e. The molecule has 0 aliphatic carbocycles. The van der Waals surface area contributed by atoms with Gasteiger partial charge in [-0.3, -0.25) is 20.4 Å². The lowest BCUT2D eigenvalue weighted by Crippen LogP contribution is -2.45. The van der Waals surface area contributed by atoms with Crippen molar-refractivity contribution in [3.05, 3.63) is 56.0 Å². The van der Waals surface area contributed by atoms with Crippen molar-refractivity contribution < 1.29 is 19.1 Å². The lowest BCUT2D eigenvalue weighted by molar-refractivity contribution is -0.131. The molecule has 0 spiro atoms. The molecule has 2 N–H and O–H groups in total. The van der Waals surface area contributed by atoms with Crippen molar-refractivity contribution in [3.8, 4) is 11.5 Å². The summed E-state index contributed by atoms with van der Waals surface area (Å²) in [4.78, 5) is 23.9. The summed E-state index contributed by atoms with van der Waals surface area (Å²) >= 11 is 6.88. The molecular weight excluding hydrogens is 504 g/mol. The SMILES string of the molecule is Cc1cc(OCC(=O)NNC(=O)COc2ccc(Br)cc2C)c(C(C)C)cc1Br. The van der Waals surface area contributed by atoms with Crippen LogP contribution in [0.3, 0.4) is 0 Å². The standard InChI is InChI=1S/C21H24Br2N2O4/c1-12(2)16-9-17(23)13(3)8-19(16)29-11-21(27)25-24-20(26)10-28-18-6-5-15(22)7-14(18)4/h5-9,12H,10-11H2,1-4H3,(H,24,26)(H,25,27). The predicted octanol–water partition coefficient (Wildman–Crippen LogP) is 4.56. The minimum absolute atomic E-state index is 0.215. The van der Waals surface area contributed by atoms with Gasteiger partial charge >= 0.3 is 0 Å². The molecule has 29 heavy (non-hydrogen) atoms. The molecular formula is C21H24Br2N2O4. The van der Waals surface area contributed by atoms with Crippen LogP contribution in [0, 0.1) is 13.8 Å². The minimum Gasteiger partial charge on any atom is -0.483 e. The Bertz CT molecular complexity index is 900. The number of benzene rings is 2. The number of hydrogen-bond acceptors (Lipinski definition) is 4. The second-order valence-electron chi connectivity index (χ2n) is 6.88. The Morgan fingerprint density at radius 3 is 2.03 bits per heavy atom. The minimum atomic E-state index is -0.469. The van der Waals surface area contributed by atoms with E-state index in [4.69, 9.17) is 9.47 Å². The predicted molar refractivity (Wildman–Crippen MR) is 119 cm³/mol. The van der Waals surface area contributed by atoms with E-state index in [1.165, 1.54) is 0 Å². The van der Waals surface area contributed by atoms with E-state index in [9.17, 15) is 9.59 Å². The van der Waals surface area contributed by atoms with Gasteiger partial charge in [-0.1, -0.05) is 45.7 Å². The fourth-order valence-corrected chi connectivity index (χ4v) is 3.36. The third-order valence-electron chi connectivity index (χ3n) is 4.11. The van der Waals surface area contributed by atoms with Crippen molar-refractivity contribution >= 4 is 43.7 Å². The van der Waals surface area contributed by atoms with Crippen molar-refractivity contribution in [2.45, 2.75) is 33.6 Å². The third kappa shape index (κ3) is 7.04. The summed E-state index contributed by atoms with van der Waals surface area (Å²) in [5.74, 6) is 0.557. The van der Waals surface area contributed by atoms with Gasteiger partial charge in [0.2, 0.25) is 0 Å². The first-order valence-electron chi connectivity index (χ1n) is 9.07. The molecule has 2 rings (SSSR count). The number of carbonyl (C=O) groups is 2. The largest absolute Gasteiger partial charge is 0.483 e. The van der Waals surface area contributed by atoms with Gasteiger partial charge in [0.1, 0.15) is 11.5 Å². The number of amides is 2. The topological polar surface area (TPSA) is 76.7 Å². The normalized spacial score (nSPS) is 10.6. The quantitative estimate of drug-likeness (QED) is 0.517. The highest BCUT2D eigenvalue weighted by atomic mass is 79.9. The summed E-state index contributed by atoms with van der Waals surface area (Å²) in [5.41, 5.74) is 7.55. The van der Waals surface area contributed by atoms with Crippen LogP contribution in [-0.2, 0) is 9.59 Å². The maximum absolute atomic E-state index is 12.0. The Balaban J connectivity index is 1.81. The highest BCUT2D eigenvalue weighted by Crippen LogP contribution is 2.32. The molecule has 2 aromatic carbocycles. The molecule has 0 saturated carbocycles. The number of hydrogen-bond donors (Lipinski definition) is 2. The molecule has 0 saturated heterocycles. The fourth-order valence-electron chi connectivity index (χ4n) is 2.52. The van der Waals surface area contributed by atoms with Crippen LogP contribution in [0.2, 0.25) is 0 Å². The van der Waals surface area contributed by atoms with E-state index < -0.39 is 11.8 Å². The van der Waals surface area contributed by atoms with E-state index in [2.05, 4.69) is 56.6 Å². The summed E-state index contributed by atoms with van der Waals surface area (Å²) in [6.45, 7) is 7.51. The molecule has 0 atom stereocenters. The monoisotopic (exact) mass is 526 g/mol. The van der Waals surface area contributed by atoms with Crippen LogP contribution < -0.4 is 20.3 Å². The van der Waals surface area contributed by atoms with Crippen molar-refractivity contribution in [2.24, 2.45) is 0 Å². The molecule has 156 valence electrons. The summed E-state index contributed by atoms with van der Waals surface area (Å²) in [7, 11) is 0. The Hall–Kier alpha value is -2.06. The summed E-state index contributed by atoms with van der Waals surface area (Å²) < 4.78 is 13.0. The average Bonchev–Trinajstić information content (AvgIpc) is 2.66. The molecule has 0 aromatic heterocycles. The van der Waals surface area contributed by atoms with Gasteiger partial charge in [-0.05, 0) is 66.8 Å². The van der Waals surface area contributed by atoms with Crippen LogP contribution in [0.5, 0.6) is 11.5 Å². The first-order valence-corrected chi connectivity index (χ1v) is 10.7. The summed E-state index contributed by atoms with van der Waals surface area (Å²) in [5, 5.41) is 0. The molecule has 2 amide bonds. The first-order chi connectivity index (χ1) is 13.7. The molecule has 8 heteroatoms. The average molecular weight is 528 g/mol. The molecule has 0 radical (unpaired) electrons. The van der Waals surface area contributed by atoms with E-state index in [1.54, 1.807) is 6.07 Å². The Labute approximate surface area is 187 Å². The number of hydrazine groups is 1. The van der Waals surface area contributed by atoms with E-state index in [0.717, 1.165) is 25.6 Å². The molecule has 2 aromatic rings. The van der Waals surface area contributed by atoms with E-state index in [1.807, 2.05) is 38.1 Å². The van der Waals surface area contributed by atoms with Gasteiger partial charge in [0.05, 0.1) is 0 Å². The van der Waals surface area contributed by atoms with Gasteiger partial charge in [-0.15, -0.1) is 0 Å². The number of rotatable bonds is 7. The Morgan fingerprint density at radius 1 is 0.897 bits per heavy atom. The second-order valence-corrected chi connectivity index (χ2v) is 8.65. The third-order valence-corrected chi connectivity index (χ3v) is 5.46. The number of nitrogens with one attached hydrogen (secondary N) is 2. The first kappa shape index (κ1) is 23.2. The van der Waals surface area contributed by atoms with Gasteiger partial charge in [-0.2, -0.15) is 0 Å². The highest BCUT2D eigenvalue weighted by Gasteiger charge is 2.13. The smallest absolute Gasteiger partial charge is 0.276 e. The van der Waals surface area contributed by atoms with Gasteiger partial charge in [0.15, 0.2) is 13.2 Å². The van der Waals surface area contributed by atoms with Crippen molar-refractivity contribution in [1.82, 2.24) is 10.9 Å². The number of halogens is 2. The molecule has 0 aliphatic rings. The van der Waals surface area contributed by atoms with Crippen LogP contribution in [0.1, 0.15) is 36.5 Å². The molecule has 0 heterocycles. The van der Waals surface area contributed by atoms with Crippen molar-refractivity contribution in [2.75, 3.05) is 13.2 Å². The molecule has 0 unspecified atom stereocenters. The molecule has 0 fully saturated rings. The number of carbonyl (C=O) groups excluding carboxylic acids is 2.